The first-order chi connectivity index (χ1) is 5.34. The first-order valence-corrected chi connectivity index (χ1v) is 4.14. The number of nitrogens with one attached hydrogen (secondary N) is 1. The number of rotatable bonds is 0. The normalized spacial score (nSPS) is 27.9. The van der Waals surface area contributed by atoms with E-state index in [0.717, 1.165) is 6.42 Å². The quantitative estimate of drug-likeness (QED) is 0.658. The summed E-state index contributed by atoms with van der Waals surface area (Å²) in [5.41, 5.74) is -0.656. The summed E-state index contributed by atoms with van der Waals surface area (Å²) >= 11 is 0. The SMILES string of the molecule is CC1(C)CCCNC1C(F)(F)F.Cl. The van der Waals surface area contributed by atoms with E-state index in [1.54, 1.807) is 13.8 Å². The molecular weight excluding hydrogens is 203 g/mol. The molecule has 0 saturated carbocycles. The molecule has 0 aromatic carbocycles. The summed E-state index contributed by atoms with van der Waals surface area (Å²) in [6, 6.07) is -1.33. The molecule has 1 aliphatic rings. The maximum atomic E-state index is 12.4. The molecule has 0 aromatic heterocycles. The van der Waals surface area contributed by atoms with Crippen molar-refractivity contribution < 1.29 is 13.2 Å². The molecule has 1 fully saturated rings. The van der Waals surface area contributed by atoms with Gasteiger partial charge in [0.05, 0.1) is 0 Å². The average Bonchev–Trinajstić information content (AvgIpc) is 1.83. The minimum atomic E-state index is -4.11. The smallest absolute Gasteiger partial charge is 0.306 e. The van der Waals surface area contributed by atoms with E-state index in [-0.39, 0.29) is 12.4 Å². The maximum absolute atomic E-state index is 12.4. The standard InChI is InChI=1S/C8H14F3N.ClH/c1-7(2)4-3-5-12-6(7)8(9,10)11;/h6,12H,3-5H2,1-2H3;1H. The highest BCUT2D eigenvalue weighted by Crippen LogP contribution is 2.38. The Bertz CT molecular complexity index is 167. The molecular formula is C8H15ClF3N. The predicted molar refractivity (Wildman–Crippen MR) is 48.1 cm³/mol. The van der Waals surface area contributed by atoms with Crippen LogP contribution in [0.15, 0.2) is 0 Å². The minimum absolute atomic E-state index is 0. The number of halogens is 4. The molecule has 0 radical (unpaired) electrons. The Balaban J connectivity index is 0.00000144. The molecule has 1 rings (SSSR count). The lowest BCUT2D eigenvalue weighted by Gasteiger charge is -2.40. The van der Waals surface area contributed by atoms with E-state index in [1.807, 2.05) is 0 Å². The van der Waals surface area contributed by atoms with Crippen molar-refractivity contribution in [1.29, 1.82) is 0 Å². The van der Waals surface area contributed by atoms with Crippen LogP contribution in [0.1, 0.15) is 26.7 Å². The lowest BCUT2D eigenvalue weighted by atomic mass is 9.77. The van der Waals surface area contributed by atoms with Crippen molar-refractivity contribution in [2.24, 2.45) is 5.41 Å². The van der Waals surface area contributed by atoms with Crippen molar-refractivity contribution in [2.75, 3.05) is 6.54 Å². The zero-order valence-corrected chi connectivity index (χ0v) is 8.56. The van der Waals surface area contributed by atoms with Crippen LogP contribution in [0.5, 0.6) is 0 Å². The molecule has 1 nitrogen and oxygen atoms in total. The molecule has 1 heterocycles. The van der Waals surface area contributed by atoms with Crippen molar-refractivity contribution in [2.45, 2.75) is 38.9 Å². The van der Waals surface area contributed by atoms with E-state index in [4.69, 9.17) is 0 Å². The molecule has 0 aromatic rings. The van der Waals surface area contributed by atoms with Crippen LogP contribution >= 0.6 is 12.4 Å². The molecule has 5 heteroatoms. The largest absolute Gasteiger partial charge is 0.404 e. The molecule has 80 valence electrons. The van der Waals surface area contributed by atoms with Crippen molar-refractivity contribution in [3.05, 3.63) is 0 Å². The van der Waals surface area contributed by atoms with Crippen LogP contribution < -0.4 is 5.32 Å². The molecule has 1 saturated heterocycles. The van der Waals surface area contributed by atoms with Gasteiger partial charge < -0.3 is 5.32 Å². The Kier molecular flexibility index (Phi) is 4.06. The summed E-state index contributed by atoms with van der Waals surface area (Å²) in [6.45, 7) is 3.81. The highest BCUT2D eigenvalue weighted by Gasteiger charge is 2.49. The van der Waals surface area contributed by atoms with Gasteiger partial charge >= 0.3 is 6.18 Å². The van der Waals surface area contributed by atoms with E-state index >= 15 is 0 Å². The van der Waals surface area contributed by atoms with Crippen LogP contribution in [0.25, 0.3) is 0 Å². The third-order valence-corrected chi connectivity index (χ3v) is 2.46. The van der Waals surface area contributed by atoms with Gasteiger partial charge in [-0.2, -0.15) is 13.2 Å². The second-order valence-corrected chi connectivity index (χ2v) is 4.02. The second kappa shape index (κ2) is 4.05. The van der Waals surface area contributed by atoms with E-state index in [9.17, 15) is 13.2 Å². The predicted octanol–water partition coefficient (Wildman–Crippen LogP) is 2.75. The van der Waals surface area contributed by atoms with Crippen molar-refractivity contribution in [3.8, 4) is 0 Å². The average molecular weight is 218 g/mol. The maximum Gasteiger partial charge on any atom is 0.404 e. The summed E-state index contributed by atoms with van der Waals surface area (Å²) in [4.78, 5) is 0. The summed E-state index contributed by atoms with van der Waals surface area (Å²) in [5.74, 6) is 0. The number of alkyl halides is 3. The lowest BCUT2D eigenvalue weighted by Crippen LogP contribution is -2.55. The highest BCUT2D eigenvalue weighted by molar-refractivity contribution is 5.85. The second-order valence-electron chi connectivity index (χ2n) is 4.02. The van der Waals surface area contributed by atoms with Gasteiger partial charge in [-0.25, -0.2) is 0 Å². The Morgan fingerprint density at radius 3 is 2.15 bits per heavy atom. The van der Waals surface area contributed by atoms with Gasteiger partial charge in [-0.1, -0.05) is 13.8 Å². The van der Waals surface area contributed by atoms with Gasteiger partial charge in [0.15, 0.2) is 0 Å². The molecule has 0 bridgehead atoms. The zero-order valence-electron chi connectivity index (χ0n) is 7.74. The van der Waals surface area contributed by atoms with Crippen LogP contribution in [-0.4, -0.2) is 18.8 Å². The molecule has 0 aliphatic carbocycles. The fourth-order valence-corrected chi connectivity index (χ4v) is 1.77. The summed E-state index contributed by atoms with van der Waals surface area (Å²) < 4.78 is 37.1. The number of piperidine rings is 1. The third-order valence-electron chi connectivity index (χ3n) is 2.46. The van der Waals surface area contributed by atoms with Crippen LogP contribution in [0.3, 0.4) is 0 Å². The van der Waals surface area contributed by atoms with Gasteiger partial charge in [-0.05, 0) is 24.8 Å². The topological polar surface area (TPSA) is 12.0 Å². The Morgan fingerprint density at radius 1 is 1.31 bits per heavy atom. The first-order valence-electron chi connectivity index (χ1n) is 4.14. The molecule has 1 N–H and O–H groups in total. The van der Waals surface area contributed by atoms with E-state index in [1.165, 1.54) is 0 Å². The fraction of sp³-hybridized carbons (Fsp3) is 1.00. The van der Waals surface area contributed by atoms with Gasteiger partial charge in [0.1, 0.15) is 6.04 Å². The van der Waals surface area contributed by atoms with Gasteiger partial charge in [-0.3, -0.25) is 0 Å². The molecule has 13 heavy (non-hydrogen) atoms. The lowest BCUT2D eigenvalue weighted by molar-refractivity contribution is -0.185. The van der Waals surface area contributed by atoms with Crippen molar-refractivity contribution in [1.82, 2.24) is 5.32 Å². The molecule has 1 aliphatic heterocycles. The third kappa shape index (κ3) is 3.02. The first kappa shape index (κ1) is 13.0. The van der Waals surface area contributed by atoms with Gasteiger partial charge in [0.25, 0.3) is 0 Å². The fourth-order valence-electron chi connectivity index (χ4n) is 1.77. The van der Waals surface area contributed by atoms with Crippen LogP contribution in [-0.2, 0) is 0 Å². The highest BCUT2D eigenvalue weighted by atomic mass is 35.5. The van der Waals surface area contributed by atoms with Crippen molar-refractivity contribution >= 4 is 12.4 Å². The van der Waals surface area contributed by atoms with Crippen molar-refractivity contribution in [3.63, 3.8) is 0 Å². The van der Waals surface area contributed by atoms with Crippen LogP contribution in [0.2, 0.25) is 0 Å². The van der Waals surface area contributed by atoms with Crippen LogP contribution in [0.4, 0.5) is 13.2 Å². The van der Waals surface area contributed by atoms with Crippen LogP contribution in [0, 0.1) is 5.41 Å². The molecule has 1 atom stereocenters. The van der Waals surface area contributed by atoms with E-state index < -0.39 is 17.6 Å². The Labute approximate surface area is 82.5 Å². The van der Waals surface area contributed by atoms with E-state index in [2.05, 4.69) is 5.32 Å². The number of hydrogen-bond donors (Lipinski definition) is 1. The Hall–Kier alpha value is 0.0400. The Morgan fingerprint density at radius 2 is 1.85 bits per heavy atom. The monoisotopic (exact) mass is 217 g/mol. The van der Waals surface area contributed by atoms with Gasteiger partial charge in [-0.15, -0.1) is 12.4 Å². The zero-order chi connectivity index (χ0) is 9.41. The molecule has 0 amide bonds. The van der Waals surface area contributed by atoms with Gasteiger partial charge in [0, 0.05) is 0 Å². The van der Waals surface area contributed by atoms with Gasteiger partial charge in [0.2, 0.25) is 0 Å². The number of hydrogen-bond acceptors (Lipinski definition) is 1. The summed E-state index contributed by atoms with van der Waals surface area (Å²) in [5, 5.41) is 2.52. The molecule has 0 spiro atoms. The summed E-state index contributed by atoms with van der Waals surface area (Å²) in [7, 11) is 0. The summed E-state index contributed by atoms with van der Waals surface area (Å²) in [6.07, 6.45) is -2.63. The molecule has 1 unspecified atom stereocenters. The minimum Gasteiger partial charge on any atom is -0.306 e. The van der Waals surface area contributed by atoms with E-state index in [0.29, 0.717) is 13.0 Å².